The number of hydrogen-bond donors (Lipinski definition) is 1. The third kappa shape index (κ3) is 3.54. The van der Waals surface area contributed by atoms with Gasteiger partial charge in [-0.2, -0.15) is 13.2 Å². The van der Waals surface area contributed by atoms with E-state index in [1.54, 1.807) is 6.07 Å². The molecule has 2 rings (SSSR count). The summed E-state index contributed by atoms with van der Waals surface area (Å²) in [6.45, 7) is 0.218. The van der Waals surface area contributed by atoms with E-state index in [4.69, 9.17) is 0 Å². The number of hydrogen-bond acceptors (Lipinski definition) is 4. The number of fused-ring (bicyclic) bond motifs is 1. The molecule has 0 spiro atoms. The van der Waals surface area contributed by atoms with Gasteiger partial charge in [-0.05, 0) is 12.5 Å². The van der Waals surface area contributed by atoms with Crippen LogP contribution < -0.4 is 5.56 Å². The highest BCUT2D eigenvalue weighted by Gasteiger charge is 2.27. The van der Waals surface area contributed by atoms with E-state index in [1.165, 1.54) is 11.3 Å². The molecule has 0 fully saturated rings. The van der Waals surface area contributed by atoms with Gasteiger partial charge >= 0.3 is 6.18 Å². The Morgan fingerprint density at radius 3 is 2.84 bits per heavy atom. The molecule has 0 aromatic carbocycles. The van der Waals surface area contributed by atoms with E-state index in [0.29, 0.717) is 10.2 Å². The van der Waals surface area contributed by atoms with Crippen LogP contribution in [0.2, 0.25) is 0 Å². The van der Waals surface area contributed by atoms with Crippen LogP contribution in [-0.4, -0.2) is 22.8 Å². The Hall–Kier alpha value is -1.41. The molecule has 0 aliphatic carbocycles. The zero-order chi connectivity index (χ0) is 14.0. The number of alkyl halides is 3. The third-order valence-corrected chi connectivity index (χ3v) is 3.53. The Kier molecular flexibility index (Phi) is 3.91. The summed E-state index contributed by atoms with van der Waals surface area (Å²) in [5.74, 6) is 0.103. The van der Waals surface area contributed by atoms with Crippen molar-refractivity contribution in [1.29, 1.82) is 0 Å². The summed E-state index contributed by atoms with van der Waals surface area (Å²) in [5.41, 5.74) is -0.355. The van der Waals surface area contributed by atoms with Crippen LogP contribution in [0.5, 0.6) is 0 Å². The molecule has 0 unspecified atom stereocenters. The largest absolute Gasteiger partial charge is 0.411 e. The lowest BCUT2D eigenvalue weighted by molar-refractivity contribution is -0.177. The van der Waals surface area contributed by atoms with Gasteiger partial charge in [0.1, 0.15) is 23.9 Å². The molecule has 8 heteroatoms. The Labute approximate surface area is 110 Å². The number of H-pyrrole nitrogens is 1. The predicted molar refractivity (Wildman–Crippen MR) is 65.3 cm³/mol. The molecule has 4 nitrogen and oxygen atoms in total. The van der Waals surface area contributed by atoms with Crippen molar-refractivity contribution in [2.75, 3.05) is 6.61 Å². The molecule has 0 aliphatic rings. The molecule has 0 amide bonds. The van der Waals surface area contributed by atoms with E-state index in [9.17, 15) is 18.0 Å². The van der Waals surface area contributed by atoms with Gasteiger partial charge in [-0.1, -0.05) is 6.92 Å². The number of nitrogens with zero attached hydrogens (tertiary/aromatic N) is 1. The number of ether oxygens (including phenoxy) is 1. The summed E-state index contributed by atoms with van der Waals surface area (Å²) in [5, 5.41) is 0.460. The molecule has 0 radical (unpaired) electrons. The second-order valence-electron chi connectivity index (χ2n) is 3.91. The number of halogens is 3. The van der Waals surface area contributed by atoms with Gasteiger partial charge in [0, 0.05) is 4.88 Å². The van der Waals surface area contributed by atoms with Crippen LogP contribution in [0.4, 0.5) is 13.2 Å². The van der Waals surface area contributed by atoms with Crippen LogP contribution in [0.1, 0.15) is 17.6 Å². The minimum Gasteiger partial charge on any atom is -0.364 e. The van der Waals surface area contributed by atoms with Gasteiger partial charge in [0.05, 0.1) is 5.39 Å². The number of aryl methyl sites for hydroxylation is 1. The zero-order valence-electron chi connectivity index (χ0n) is 10.0. The molecular formula is C11H11F3N2O2S. The fourth-order valence-corrected chi connectivity index (χ4v) is 2.52. The molecule has 0 atom stereocenters. The average molecular weight is 292 g/mol. The predicted octanol–water partition coefficient (Wildman–Crippen LogP) is 2.63. The van der Waals surface area contributed by atoms with E-state index >= 15 is 0 Å². The number of rotatable bonds is 4. The Balaban J connectivity index is 2.18. The number of nitrogens with one attached hydrogen (secondary N) is 1. The second kappa shape index (κ2) is 5.30. The van der Waals surface area contributed by atoms with Gasteiger partial charge < -0.3 is 9.72 Å². The Bertz CT molecular complexity index is 633. The summed E-state index contributed by atoms with van der Waals surface area (Å²) >= 11 is 1.36. The quantitative estimate of drug-likeness (QED) is 0.942. The summed E-state index contributed by atoms with van der Waals surface area (Å²) in [7, 11) is 0. The van der Waals surface area contributed by atoms with Crippen molar-refractivity contribution < 1.29 is 17.9 Å². The third-order valence-electron chi connectivity index (χ3n) is 2.36. The molecule has 0 saturated heterocycles. The van der Waals surface area contributed by atoms with Crippen molar-refractivity contribution in [2.24, 2.45) is 0 Å². The van der Waals surface area contributed by atoms with E-state index in [2.05, 4.69) is 14.7 Å². The van der Waals surface area contributed by atoms with Gasteiger partial charge in [-0.3, -0.25) is 4.79 Å². The van der Waals surface area contributed by atoms with Crippen molar-refractivity contribution in [1.82, 2.24) is 9.97 Å². The standard InChI is InChI=1S/C11H11F3N2O2S/c1-2-6-3-7-9(17)15-8(16-10(7)19-6)4-18-5-11(12,13)14/h3H,2,4-5H2,1H3,(H,15,16,17). The van der Waals surface area contributed by atoms with Crippen molar-refractivity contribution >= 4 is 21.6 Å². The number of thiophene rings is 1. The first-order valence-corrected chi connectivity index (χ1v) is 6.37. The molecule has 2 aromatic rings. The van der Waals surface area contributed by atoms with E-state index < -0.39 is 12.8 Å². The monoisotopic (exact) mass is 292 g/mol. The fourth-order valence-electron chi connectivity index (χ4n) is 1.53. The molecule has 19 heavy (non-hydrogen) atoms. The maximum absolute atomic E-state index is 11.9. The van der Waals surface area contributed by atoms with Gasteiger partial charge in [0.2, 0.25) is 0 Å². The SMILES string of the molecule is CCc1cc2c(=O)[nH]c(COCC(F)(F)F)nc2s1. The highest BCUT2D eigenvalue weighted by Crippen LogP contribution is 2.21. The topological polar surface area (TPSA) is 55.0 Å². The summed E-state index contributed by atoms with van der Waals surface area (Å²) < 4.78 is 40.2. The molecule has 2 heterocycles. The molecule has 0 bridgehead atoms. The van der Waals surface area contributed by atoms with Crippen molar-refractivity contribution in [3.8, 4) is 0 Å². The van der Waals surface area contributed by atoms with Gasteiger partial charge in [-0.15, -0.1) is 11.3 Å². The van der Waals surface area contributed by atoms with Gasteiger partial charge in [-0.25, -0.2) is 4.98 Å². The summed E-state index contributed by atoms with van der Waals surface area (Å²) in [4.78, 5) is 19.8. The smallest absolute Gasteiger partial charge is 0.364 e. The maximum atomic E-state index is 11.9. The average Bonchev–Trinajstić information content (AvgIpc) is 2.71. The molecule has 0 aliphatic heterocycles. The van der Waals surface area contributed by atoms with Gasteiger partial charge in [0.25, 0.3) is 5.56 Å². The molecule has 0 saturated carbocycles. The molecule has 104 valence electrons. The van der Waals surface area contributed by atoms with Crippen LogP contribution >= 0.6 is 11.3 Å². The summed E-state index contributed by atoms with van der Waals surface area (Å²) in [6.07, 6.45) is -3.61. The first-order valence-electron chi connectivity index (χ1n) is 5.55. The van der Waals surface area contributed by atoms with E-state index in [0.717, 1.165) is 11.3 Å². The molecule has 1 N–H and O–H groups in total. The number of aromatic nitrogens is 2. The summed E-state index contributed by atoms with van der Waals surface area (Å²) in [6, 6.07) is 1.74. The first-order chi connectivity index (χ1) is 8.89. The lowest BCUT2D eigenvalue weighted by Gasteiger charge is -2.06. The van der Waals surface area contributed by atoms with Gasteiger partial charge in [0.15, 0.2) is 0 Å². The first kappa shape index (κ1) is 14.0. The molecular weight excluding hydrogens is 281 g/mol. The highest BCUT2D eigenvalue weighted by molar-refractivity contribution is 7.18. The van der Waals surface area contributed by atoms with E-state index in [1.807, 2.05) is 6.92 Å². The van der Waals surface area contributed by atoms with Crippen LogP contribution in [0.3, 0.4) is 0 Å². The highest BCUT2D eigenvalue weighted by atomic mass is 32.1. The van der Waals surface area contributed by atoms with Crippen molar-refractivity contribution in [2.45, 2.75) is 26.1 Å². The normalized spacial score (nSPS) is 12.2. The Morgan fingerprint density at radius 1 is 1.47 bits per heavy atom. The molecule has 2 aromatic heterocycles. The second-order valence-corrected chi connectivity index (χ2v) is 5.02. The lowest BCUT2D eigenvalue weighted by atomic mass is 10.3. The zero-order valence-corrected chi connectivity index (χ0v) is 10.8. The van der Waals surface area contributed by atoms with Crippen LogP contribution in [0.25, 0.3) is 10.2 Å². The van der Waals surface area contributed by atoms with Crippen LogP contribution in [-0.2, 0) is 17.8 Å². The fraction of sp³-hybridized carbons (Fsp3) is 0.455. The van der Waals surface area contributed by atoms with Crippen molar-refractivity contribution in [3.63, 3.8) is 0 Å². The van der Waals surface area contributed by atoms with E-state index in [-0.39, 0.29) is 18.0 Å². The van der Waals surface area contributed by atoms with Crippen LogP contribution in [0.15, 0.2) is 10.9 Å². The lowest BCUT2D eigenvalue weighted by Crippen LogP contribution is -2.18. The minimum atomic E-state index is -4.39. The minimum absolute atomic E-state index is 0.103. The van der Waals surface area contributed by atoms with Crippen LogP contribution in [0, 0.1) is 0 Å². The Morgan fingerprint density at radius 2 is 2.21 bits per heavy atom. The maximum Gasteiger partial charge on any atom is 0.411 e. The van der Waals surface area contributed by atoms with Crippen molar-refractivity contribution in [3.05, 3.63) is 27.1 Å². The number of aromatic amines is 1.